The third kappa shape index (κ3) is 6.26. The summed E-state index contributed by atoms with van der Waals surface area (Å²) < 4.78 is 12.0. The molecule has 0 unspecified atom stereocenters. The molecule has 9 nitrogen and oxygen atoms in total. The highest BCUT2D eigenvalue weighted by Gasteiger charge is 2.26. The Hall–Kier alpha value is -4.21. The van der Waals surface area contributed by atoms with Gasteiger partial charge in [0.05, 0.1) is 33.9 Å². The van der Waals surface area contributed by atoms with Gasteiger partial charge in [-0.25, -0.2) is 9.97 Å². The molecule has 0 saturated carbocycles. The predicted molar refractivity (Wildman–Crippen MR) is 160 cm³/mol. The summed E-state index contributed by atoms with van der Waals surface area (Å²) in [6, 6.07) is 14.9. The Balaban J connectivity index is 1.21. The van der Waals surface area contributed by atoms with Crippen molar-refractivity contribution in [3.05, 3.63) is 83.9 Å². The van der Waals surface area contributed by atoms with Gasteiger partial charge in [0.15, 0.2) is 5.75 Å². The molecule has 0 aliphatic carbocycles. The first kappa shape index (κ1) is 27.0. The maximum Gasteiger partial charge on any atom is 0.250 e. The number of nitrogens with one attached hydrogen (secondary N) is 1. The number of rotatable bonds is 8. The van der Waals surface area contributed by atoms with Crippen LogP contribution in [0.15, 0.2) is 73.2 Å². The fraction of sp³-hybridized carbons (Fsp3) is 0.290. The van der Waals surface area contributed by atoms with E-state index in [1.165, 1.54) is 25.6 Å². The van der Waals surface area contributed by atoms with Crippen LogP contribution in [0.2, 0.25) is 5.02 Å². The first-order valence-corrected chi connectivity index (χ1v) is 14.2. The molecule has 1 fully saturated rings. The summed E-state index contributed by atoms with van der Waals surface area (Å²) in [6.07, 6.45) is 10.6. The van der Waals surface area contributed by atoms with Gasteiger partial charge in [0.1, 0.15) is 31.1 Å². The average Bonchev–Trinajstić information content (AvgIpc) is 3.01. The van der Waals surface area contributed by atoms with Gasteiger partial charge in [-0.15, -0.1) is 0 Å². The van der Waals surface area contributed by atoms with Crippen LogP contribution in [0.4, 0.5) is 17.2 Å². The molecule has 1 N–H and O–H groups in total. The molecular formula is C31H31ClN6O3. The zero-order chi connectivity index (χ0) is 28.0. The van der Waals surface area contributed by atoms with Crippen LogP contribution in [0, 0.1) is 0 Å². The predicted octanol–water partition coefficient (Wildman–Crippen LogP) is 5.77. The highest BCUT2D eigenvalue weighted by atomic mass is 35.5. The summed E-state index contributed by atoms with van der Waals surface area (Å²) in [5.41, 5.74) is 2.94. The number of carbonyl (C=O) groups is 1. The number of amides is 1. The molecule has 10 heteroatoms. The number of piperidine rings is 1. The molecule has 0 bridgehead atoms. The summed E-state index contributed by atoms with van der Waals surface area (Å²) in [4.78, 5) is 30.6. The minimum atomic E-state index is -0.0645. The molecule has 2 aliphatic heterocycles. The Bertz CT molecular complexity index is 1560. The molecule has 1 saturated heterocycles. The zero-order valence-corrected chi connectivity index (χ0v) is 23.4. The van der Waals surface area contributed by atoms with Crippen LogP contribution in [0.25, 0.3) is 10.9 Å². The van der Waals surface area contributed by atoms with E-state index in [0.717, 1.165) is 31.0 Å². The fourth-order valence-electron chi connectivity index (χ4n) is 5.15. The number of nitrogens with zero attached hydrogens (tertiary/aromatic N) is 5. The Morgan fingerprint density at radius 2 is 1.95 bits per heavy atom. The first-order valence-electron chi connectivity index (χ1n) is 13.9. The van der Waals surface area contributed by atoms with Gasteiger partial charge in [0.2, 0.25) is 0 Å². The van der Waals surface area contributed by atoms with Gasteiger partial charge in [-0.2, -0.15) is 0 Å². The number of carbonyl (C=O) groups excluding carboxylic acids is 1. The van der Waals surface area contributed by atoms with Crippen molar-refractivity contribution in [1.29, 1.82) is 0 Å². The molecule has 1 amide bonds. The fourth-order valence-corrected chi connectivity index (χ4v) is 5.39. The van der Waals surface area contributed by atoms with E-state index in [0.29, 0.717) is 58.7 Å². The third-order valence-corrected chi connectivity index (χ3v) is 7.52. The number of benzene rings is 2. The third-order valence-electron chi connectivity index (χ3n) is 7.22. The Morgan fingerprint density at radius 1 is 1.05 bits per heavy atom. The van der Waals surface area contributed by atoms with Gasteiger partial charge in [0, 0.05) is 24.5 Å². The number of pyridine rings is 1. The Labute approximate surface area is 243 Å². The van der Waals surface area contributed by atoms with Gasteiger partial charge < -0.3 is 19.7 Å². The van der Waals surface area contributed by atoms with E-state index >= 15 is 0 Å². The Kier molecular flexibility index (Phi) is 8.25. The quantitative estimate of drug-likeness (QED) is 0.267. The second kappa shape index (κ2) is 12.5. The van der Waals surface area contributed by atoms with Crippen LogP contribution in [0.3, 0.4) is 0 Å². The molecule has 0 atom stereocenters. The van der Waals surface area contributed by atoms with Crippen molar-refractivity contribution in [3.8, 4) is 11.5 Å². The Morgan fingerprint density at radius 3 is 2.78 bits per heavy atom. The molecule has 4 heterocycles. The van der Waals surface area contributed by atoms with Crippen LogP contribution in [0.5, 0.6) is 11.5 Å². The number of halogens is 1. The summed E-state index contributed by atoms with van der Waals surface area (Å²) in [6.45, 7) is 4.13. The molecule has 0 radical (unpaired) electrons. The SMILES string of the molecule is O=C(/C=C/CN1CCCCC1)N1CCOc2c1ccc1ncnc(Nc3ccc(OCc4ccccn4)c(Cl)c3)c21. The first-order chi connectivity index (χ1) is 20.2. The van der Waals surface area contributed by atoms with Gasteiger partial charge in [-0.1, -0.05) is 30.2 Å². The van der Waals surface area contributed by atoms with Gasteiger partial charge >= 0.3 is 0 Å². The van der Waals surface area contributed by atoms with Crippen molar-refractivity contribution < 1.29 is 14.3 Å². The highest BCUT2D eigenvalue weighted by molar-refractivity contribution is 6.32. The monoisotopic (exact) mass is 570 g/mol. The van der Waals surface area contributed by atoms with E-state index in [2.05, 4.69) is 25.2 Å². The van der Waals surface area contributed by atoms with Crippen LogP contribution >= 0.6 is 11.6 Å². The van der Waals surface area contributed by atoms with E-state index in [1.54, 1.807) is 29.3 Å². The van der Waals surface area contributed by atoms with Crippen molar-refractivity contribution in [2.24, 2.45) is 0 Å². The van der Waals surface area contributed by atoms with E-state index in [1.807, 2.05) is 42.5 Å². The molecule has 210 valence electrons. The number of aromatic nitrogens is 3. The lowest BCUT2D eigenvalue weighted by molar-refractivity contribution is -0.114. The maximum absolute atomic E-state index is 13.2. The second-order valence-electron chi connectivity index (χ2n) is 10.0. The number of ether oxygens (including phenoxy) is 2. The molecule has 2 aliphatic rings. The van der Waals surface area contributed by atoms with E-state index in [9.17, 15) is 4.79 Å². The molecule has 4 aromatic rings. The van der Waals surface area contributed by atoms with Gasteiger partial charge in [-0.3, -0.25) is 14.7 Å². The number of anilines is 3. The standard InChI is InChI=1S/C31H31ClN6O3/c32-24-19-22(9-12-27(24)41-20-23-7-2-3-13-33-23)36-31-29-25(34-21-35-31)10-11-26-30(29)40-18-17-38(26)28(39)8-6-16-37-14-4-1-5-15-37/h2-3,6-13,19,21H,1,4-5,14-18,20H2,(H,34,35,36)/b8-6+. The number of hydrogen-bond acceptors (Lipinski definition) is 8. The average molecular weight is 571 g/mol. The molecule has 2 aromatic heterocycles. The maximum atomic E-state index is 13.2. The minimum Gasteiger partial charge on any atom is -0.489 e. The number of hydrogen-bond donors (Lipinski definition) is 1. The zero-order valence-electron chi connectivity index (χ0n) is 22.6. The molecule has 0 spiro atoms. The summed E-state index contributed by atoms with van der Waals surface area (Å²) in [5.74, 6) is 1.63. The smallest absolute Gasteiger partial charge is 0.250 e. The second-order valence-corrected chi connectivity index (χ2v) is 10.4. The van der Waals surface area contributed by atoms with Gasteiger partial charge in [-0.05, 0) is 68.4 Å². The van der Waals surface area contributed by atoms with E-state index in [-0.39, 0.29) is 5.91 Å². The molecule has 6 rings (SSSR count). The largest absolute Gasteiger partial charge is 0.489 e. The summed E-state index contributed by atoms with van der Waals surface area (Å²) in [7, 11) is 0. The topological polar surface area (TPSA) is 92.7 Å². The van der Waals surface area contributed by atoms with E-state index in [4.69, 9.17) is 21.1 Å². The lowest BCUT2D eigenvalue weighted by Crippen LogP contribution is -2.37. The molecule has 41 heavy (non-hydrogen) atoms. The number of fused-ring (bicyclic) bond motifs is 3. The highest BCUT2D eigenvalue weighted by Crippen LogP contribution is 2.42. The van der Waals surface area contributed by atoms with Crippen molar-refractivity contribution >= 4 is 45.6 Å². The number of likely N-dealkylation sites (tertiary alicyclic amines) is 1. The van der Waals surface area contributed by atoms with Crippen LogP contribution in [0.1, 0.15) is 25.0 Å². The van der Waals surface area contributed by atoms with Crippen LogP contribution in [-0.2, 0) is 11.4 Å². The van der Waals surface area contributed by atoms with Crippen molar-refractivity contribution in [2.45, 2.75) is 25.9 Å². The minimum absolute atomic E-state index is 0.0645. The van der Waals surface area contributed by atoms with Crippen LogP contribution < -0.4 is 19.7 Å². The lowest BCUT2D eigenvalue weighted by Gasteiger charge is -2.30. The normalized spacial score (nSPS) is 15.5. The summed E-state index contributed by atoms with van der Waals surface area (Å²) in [5, 5.41) is 4.50. The summed E-state index contributed by atoms with van der Waals surface area (Å²) >= 11 is 6.54. The molecule has 2 aromatic carbocycles. The van der Waals surface area contributed by atoms with Crippen molar-refractivity contribution in [1.82, 2.24) is 19.9 Å². The van der Waals surface area contributed by atoms with Crippen LogP contribution in [-0.4, -0.2) is 58.5 Å². The molecular weight excluding hydrogens is 540 g/mol. The lowest BCUT2D eigenvalue weighted by atomic mass is 10.1. The van der Waals surface area contributed by atoms with Crippen molar-refractivity contribution in [2.75, 3.05) is 43.0 Å². The van der Waals surface area contributed by atoms with Gasteiger partial charge in [0.25, 0.3) is 5.91 Å². The van der Waals surface area contributed by atoms with Crippen molar-refractivity contribution in [3.63, 3.8) is 0 Å². The van der Waals surface area contributed by atoms with E-state index < -0.39 is 0 Å².